The number of pyridine rings is 1. The van der Waals surface area contributed by atoms with Gasteiger partial charge in [-0.2, -0.15) is 0 Å². The van der Waals surface area contributed by atoms with Crippen LogP contribution in [0.3, 0.4) is 0 Å². The second-order valence-electron chi connectivity index (χ2n) is 5.44. The highest BCUT2D eigenvalue weighted by Gasteiger charge is 2.20. The molecule has 116 valence electrons. The fraction of sp³-hybridized carbons (Fsp3) is 0.600. The minimum Gasteiger partial charge on any atom is -0.377 e. The lowest BCUT2D eigenvalue weighted by molar-refractivity contribution is 0.0422. The number of carbonyl (C=O) groups is 1. The van der Waals surface area contributed by atoms with Gasteiger partial charge in [0.05, 0.1) is 12.7 Å². The van der Waals surface area contributed by atoms with Crippen LogP contribution in [0.15, 0.2) is 18.3 Å². The molecule has 1 fully saturated rings. The summed E-state index contributed by atoms with van der Waals surface area (Å²) in [5.74, 6) is -0.0713. The van der Waals surface area contributed by atoms with Crippen LogP contribution in [0, 0.1) is 0 Å². The molecule has 0 bridgehead atoms. The first-order valence-electron chi connectivity index (χ1n) is 7.36. The zero-order chi connectivity index (χ0) is 15.2. The molecule has 0 atom stereocenters. The van der Waals surface area contributed by atoms with Gasteiger partial charge in [-0.05, 0) is 25.0 Å². The maximum atomic E-state index is 12.0. The van der Waals surface area contributed by atoms with Crippen molar-refractivity contribution in [3.8, 4) is 0 Å². The highest BCUT2D eigenvalue weighted by Crippen LogP contribution is 2.21. The number of aromatic nitrogens is 1. The molecule has 2 N–H and O–H groups in total. The maximum Gasteiger partial charge on any atom is 0.272 e. The summed E-state index contributed by atoms with van der Waals surface area (Å²) in [6, 6.07) is 3.82. The number of ether oxygens (including phenoxy) is 1. The van der Waals surface area contributed by atoms with E-state index >= 15 is 0 Å². The first kappa shape index (κ1) is 15.7. The van der Waals surface area contributed by atoms with Crippen molar-refractivity contribution in [2.24, 2.45) is 5.73 Å². The standard InChI is InChI=1S/C15H24N4O2/c1-18(2)15(20)14-11-12(3-7-17-14)19-8-4-13(5-9-19)21-10-6-16/h3,7,11,13H,4-6,8-10,16H2,1-2H3. The number of rotatable bonds is 5. The Morgan fingerprint density at radius 3 is 2.81 bits per heavy atom. The molecule has 0 unspecified atom stereocenters. The summed E-state index contributed by atoms with van der Waals surface area (Å²) in [6.45, 7) is 3.05. The summed E-state index contributed by atoms with van der Waals surface area (Å²) in [4.78, 5) is 19.9. The molecule has 6 nitrogen and oxygen atoms in total. The van der Waals surface area contributed by atoms with Crippen LogP contribution in [0.5, 0.6) is 0 Å². The van der Waals surface area contributed by atoms with Gasteiger partial charge in [-0.15, -0.1) is 0 Å². The van der Waals surface area contributed by atoms with E-state index in [1.54, 1.807) is 25.2 Å². The van der Waals surface area contributed by atoms with Gasteiger partial charge >= 0.3 is 0 Å². The summed E-state index contributed by atoms with van der Waals surface area (Å²) in [5, 5.41) is 0. The molecule has 21 heavy (non-hydrogen) atoms. The van der Waals surface area contributed by atoms with Gasteiger partial charge in [0, 0.05) is 45.6 Å². The maximum absolute atomic E-state index is 12.0. The van der Waals surface area contributed by atoms with Crippen molar-refractivity contribution in [3.63, 3.8) is 0 Å². The fourth-order valence-corrected chi connectivity index (χ4v) is 2.48. The molecule has 0 aromatic carbocycles. The highest BCUT2D eigenvalue weighted by atomic mass is 16.5. The lowest BCUT2D eigenvalue weighted by Gasteiger charge is -2.33. The quantitative estimate of drug-likeness (QED) is 0.866. The smallest absolute Gasteiger partial charge is 0.272 e. The zero-order valence-corrected chi connectivity index (χ0v) is 12.8. The Morgan fingerprint density at radius 2 is 2.19 bits per heavy atom. The SMILES string of the molecule is CN(C)C(=O)c1cc(N2CCC(OCCN)CC2)ccn1. The largest absolute Gasteiger partial charge is 0.377 e. The van der Waals surface area contributed by atoms with Crippen LogP contribution in [-0.2, 0) is 4.74 Å². The molecule has 0 spiro atoms. The zero-order valence-electron chi connectivity index (χ0n) is 12.8. The van der Waals surface area contributed by atoms with Crippen molar-refractivity contribution in [2.45, 2.75) is 18.9 Å². The van der Waals surface area contributed by atoms with E-state index < -0.39 is 0 Å². The average Bonchev–Trinajstić information content (AvgIpc) is 2.52. The van der Waals surface area contributed by atoms with Gasteiger partial charge in [-0.3, -0.25) is 9.78 Å². The molecule has 1 aromatic heterocycles. The van der Waals surface area contributed by atoms with Crippen LogP contribution in [0.25, 0.3) is 0 Å². The number of carbonyl (C=O) groups excluding carboxylic acids is 1. The third-order valence-electron chi connectivity index (χ3n) is 3.65. The van der Waals surface area contributed by atoms with Crippen LogP contribution in [0.4, 0.5) is 5.69 Å². The minimum absolute atomic E-state index is 0.0713. The van der Waals surface area contributed by atoms with Crippen molar-refractivity contribution in [2.75, 3.05) is 45.2 Å². The van der Waals surface area contributed by atoms with Crippen LogP contribution >= 0.6 is 0 Å². The molecular formula is C15H24N4O2. The number of nitrogens with zero attached hydrogens (tertiary/aromatic N) is 3. The first-order valence-corrected chi connectivity index (χ1v) is 7.36. The molecule has 1 amide bonds. The molecule has 2 rings (SSSR count). The Bertz CT molecular complexity index is 470. The summed E-state index contributed by atoms with van der Waals surface area (Å²) in [5.41, 5.74) is 6.99. The molecule has 1 saturated heterocycles. The Kier molecular flexibility index (Phi) is 5.52. The van der Waals surface area contributed by atoms with E-state index in [1.165, 1.54) is 0 Å². The predicted molar refractivity (Wildman–Crippen MR) is 82.5 cm³/mol. The van der Waals surface area contributed by atoms with Gasteiger partial charge in [0.1, 0.15) is 5.69 Å². The van der Waals surface area contributed by atoms with Gasteiger partial charge in [0.25, 0.3) is 5.91 Å². The molecular weight excluding hydrogens is 268 g/mol. The number of hydrogen-bond donors (Lipinski definition) is 1. The Hall–Kier alpha value is -1.66. The van der Waals surface area contributed by atoms with Gasteiger partial charge in [-0.1, -0.05) is 0 Å². The summed E-state index contributed by atoms with van der Waals surface area (Å²) >= 11 is 0. The van der Waals surface area contributed by atoms with Crippen molar-refractivity contribution in [1.82, 2.24) is 9.88 Å². The van der Waals surface area contributed by atoms with Gasteiger partial charge in [0.15, 0.2) is 0 Å². The number of piperidine rings is 1. The second-order valence-corrected chi connectivity index (χ2v) is 5.44. The van der Waals surface area contributed by atoms with Crippen LogP contribution < -0.4 is 10.6 Å². The molecule has 6 heteroatoms. The van der Waals surface area contributed by atoms with Crippen LogP contribution in [0.1, 0.15) is 23.3 Å². The topological polar surface area (TPSA) is 71.7 Å². The van der Waals surface area contributed by atoms with Gasteiger partial charge in [0.2, 0.25) is 0 Å². The van der Waals surface area contributed by atoms with E-state index in [9.17, 15) is 4.79 Å². The first-order chi connectivity index (χ1) is 10.1. The van der Waals surface area contributed by atoms with E-state index in [-0.39, 0.29) is 5.91 Å². The molecule has 1 aromatic rings. The number of amides is 1. The van der Waals surface area contributed by atoms with Crippen LogP contribution in [-0.4, -0.2) is 62.2 Å². The summed E-state index contributed by atoms with van der Waals surface area (Å²) in [6.07, 6.45) is 3.97. The molecule has 1 aliphatic rings. The normalized spacial score (nSPS) is 16.0. The van der Waals surface area contributed by atoms with E-state index in [0.717, 1.165) is 31.6 Å². The molecule has 0 radical (unpaired) electrons. The molecule has 2 heterocycles. The lowest BCUT2D eigenvalue weighted by Crippen LogP contribution is -2.37. The predicted octanol–water partition coefficient (Wildman–Crippen LogP) is 0.728. The van der Waals surface area contributed by atoms with E-state index in [4.69, 9.17) is 10.5 Å². The third-order valence-corrected chi connectivity index (χ3v) is 3.65. The molecule has 1 aliphatic heterocycles. The van der Waals surface area contributed by atoms with E-state index in [0.29, 0.717) is 24.9 Å². The number of anilines is 1. The Balaban J connectivity index is 1.97. The highest BCUT2D eigenvalue weighted by molar-refractivity contribution is 5.92. The summed E-state index contributed by atoms with van der Waals surface area (Å²) in [7, 11) is 3.47. The molecule has 0 saturated carbocycles. The average molecular weight is 292 g/mol. The Morgan fingerprint density at radius 1 is 1.48 bits per heavy atom. The Labute approximate surface area is 125 Å². The number of hydrogen-bond acceptors (Lipinski definition) is 5. The van der Waals surface area contributed by atoms with Gasteiger partial charge < -0.3 is 20.3 Å². The lowest BCUT2D eigenvalue weighted by atomic mass is 10.1. The van der Waals surface area contributed by atoms with Crippen molar-refractivity contribution in [3.05, 3.63) is 24.0 Å². The van der Waals surface area contributed by atoms with Crippen molar-refractivity contribution < 1.29 is 9.53 Å². The van der Waals surface area contributed by atoms with Crippen molar-refractivity contribution in [1.29, 1.82) is 0 Å². The van der Waals surface area contributed by atoms with Crippen LogP contribution in [0.2, 0.25) is 0 Å². The number of nitrogens with two attached hydrogens (primary N) is 1. The van der Waals surface area contributed by atoms with E-state index in [2.05, 4.69) is 9.88 Å². The molecule has 0 aliphatic carbocycles. The monoisotopic (exact) mass is 292 g/mol. The summed E-state index contributed by atoms with van der Waals surface area (Å²) < 4.78 is 5.68. The third kappa shape index (κ3) is 4.15. The van der Waals surface area contributed by atoms with Gasteiger partial charge in [-0.25, -0.2) is 0 Å². The fourth-order valence-electron chi connectivity index (χ4n) is 2.48. The minimum atomic E-state index is -0.0713. The van der Waals surface area contributed by atoms with Crippen molar-refractivity contribution >= 4 is 11.6 Å². The second kappa shape index (κ2) is 7.38. The van der Waals surface area contributed by atoms with E-state index in [1.807, 2.05) is 12.1 Å².